The van der Waals surface area contributed by atoms with Gasteiger partial charge in [0.1, 0.15) is 6.26 Å². The van der Waals surface area contributed by atoms with E-state index < -0.39 is 0 Å². The van der Waals surface area contributed by atoms with Crippen molar-refractivity contribution in [3.05, 3.63) is 39.9 Å². The molecule has 4 heteroatoms. The average molecular weight is 234 g/mol. The molecule has 1 atom stereocenters. The highest BCUT2D eigenvalue weighted by Gasteiger charge is 2.20. The number of hydrogen-bond acceptors (Lipinski definition) is 4. The topological polar surface area (TPSA) is 38.1 Å². The van der Waals surface area contributed by atoms with Crippen molar-refractivity contribution in [2.75, 3.05) is 0 Å². The van der Waals surface area contributed by atoms with Crippen molar-refractivity contribution in [2.24, 2.45) is 0 Å². The van der Waals surface area contributed by atoms with Gasteiger partial charge in [-0.15, -0.1) is 11.3 Å². The molecule has 0 bridgehead atoms. The Morgan fingerprint density at radius 2 is 2.50 bits per heavy atom. The van der Waals surface area contributed by atoms with Crippen LogP contribution in [0.25, 0.3) is 0 Å². The van der Waals surface area contributed by atoms with Crippen molar-refractivity contribution in [3.63, 3.8) is 0 Å². The van der Waals surface area contributed by atoms with Gasteiger partial charge in [0, 0.05) is 23.5 Å². The lowest BCUT2D eigenvalue weighted by atomic mass is 9.94. The van der Waals surface area contributed by atoms with E-state index in [2.05, 4.69) is 21.9 Å². The van der Waals surface area contributed by atoms with Gasteiger partial charge in [-0.1, -0.05) is 5.16 Å². The molecular weight excluding hydrogens is 220 g/mol. The van der Waals surface area contributed by atoms with Gasteiger partial charge in [-0.2, -0.15) is 0 Å². The van der Waals surface area contributed by atoms with Crippen LogP contribution in [-0.2, 0) is 13.0 Å². The van der Waals surface area contributed by atoms with Crippen LogP contribution in [0.5, 0.6) is 0 Å². The Hall–Kier alpha value is -1.13. The Bertz CT molecular complexity index is 449. The summed E-state index contributed by atoms with van der Waals surface area (Å²) in [5, 5.41) is 9.66. The molecule has 3 nitrogen and oxygen atoms in total. The number of nitrogens with one attached hydrogen (secondary N) is 1. The Balaban J connectivity index is 1.69. The van der Waals surface area contributed by atoms with Crippen molar-refractivity contribution in [1.82, 2.24) is 10.5 Å². The fourth-order valence-corrected chi connectivity index (χ4v) is 3.24. The van der Waals surface area contributed by atoms with Crippen LogP contribution in [0.2, 0.25) is 0 Å². The lowest BCUT2D eigenvalue weighted by Gasteiger charge is -2.23. The van der Waals surface area contributed by atoms with E-state index in [9.17, 15) is 0 Å². The number of aromatic nitrogens is 1. The normalized spacial score (nSPS) is 19.6. The second-order valence-corrected chi connectivity index (χ2v) is 5.12. The molecule has 0 aromatic carbocycles. The van der Waals surface area contributed by atoms with E-state index in [0.29, 0.717) is 6.04 Å². The van der Waals surface area contributed by atoms with E-state index in [0.717, 1.165) is 12.2 Å². The summed E-state index contributed by atoms with van der Waals surface area (Å²) in [6.07, 6.45) is 5.37. The van der Waals surface area contributed by atoms with E-state index in [-0.39, 0.29) is 0 Å². The lowest BCUT2D eigenvalue weighted by molar-refractivity contribution is 0.399. The summed E-state index contributed by atoms with van der Waals surface area (Å²) in [6, 6.07) is 4.65. The van der Waals surface area contributed by atoms with Crippen LogP contribution >= 0.6 is 11.3 Å². The van der Waals surface area contributed by atoms with Gasteiger partial charge in [0.2, 0.25) is 0 Å². The predicted molar refractivity (Wildman–Crippen MR) is 63.3 cm³/mol. The highest BCUT2D eigenvalue weighted by atomic mass is 32.1. The summed E-state index contributed by atoms with van der Waals surface area (Å²) in [5.74, 6) is 0. The first-order valence-electron chi connectivity index (χ1n) is 5.62. The smallest absolute Gasteiger partial charge is 0.124 e. The first-order chi connectivity index (χ1) is 7.93. The number of rotatable bonds is 3. The average Bonchev–Trinajstić information content (AvgIpc) is 2.97. The molecule has 0 radical (unpaired) electrons. The van der Waals surface area contributed by atoms with E-state index >= 15 is 0 Å². The second-order valence-electron chi connectivity index (χ2n) is 4.12. The van der Waals surface area contributed by atoms with Crippen molar-refractivity contribution < 1.29 is 4.52 Å². The van der Waals surface area contributed by atoms with Gasteiger partial charge in [-0.05, 0) is 36.3 Å². The molecule has 3 rings (SSSR count). The number of thiophene rings is 1. The fourth-order valence-electron chi connectivity index (χ4n) is 2.25. The van der Waals surface area contributed by atoms with Crippen molar-refractivity contribution in [1.29, 1.82) is 0 Å². The van der Waals surface area contributed by atoms with Crippen LogP contribution < -0.4 is 5.32 Å². The summed E-state index contributed by atoms with van der Waals surface area (Å²) in [6.45, 7) is 0.788. The number of hydrogen-bond donors (Lipinski definition) is 1. The number of aryl methyl sites for hydroxylation is 1. The molecule has 2 aromatic heterocycles. The Morgan fingerprint density at radius 1 is 1.50 bits per heavy atom. The summed E-state index contributed by atoms with van der Waals surface area (Å²) < 4.78 is 4.82. The molecular formula is C12H14N2OS. The molecule has 2 heterocycles. The van der Waals surface area contributed by atoms with Gasteiger partial charge in [-0.25, -0.2) is 0 Å². The SMILES string of the molecule is c1cc(CNC2CCCc3sccc32)no1. The largest absolute Gasteiger partial charge is 0.364 e. The molecule has 0 saturated carbocycles. The number of fused-ring (bicyclic) bond motifs is 1. The van der Waals surface area contributed by atoms with Gasteiger partial charge in [0.25, 0.3) is 0 Å². The molecule has 0 amide bonds. The zero-order chi connectivity index (χ0) is 10.8. The lowest BCUT2D eigenvalue weighted by Crippen LogP contribution is -2.23. The van der Waals surface area contributed by atoms with Crippen molar-refractivity contribution >= 4 is 11.3 Å². The minimum atomic E-state index is 0.492. The fraction of sp³-hybridized carbons (Fsp3) is 0.417. The molecule has 0 saturated heterocycles. The van der Waals surface area contributed by atoms with Gasteiger partial charge < -0.3 is 9.84 Å². The van der Waals surface area contributed by atoms with Crippen LogP contribution in [0, 0.1) is 0 Å². The minimum absolute atomic E-state index is 0.492. The first-order valence-corrected chi connectivity index (χ1v) is 6.50. The molecule has 1 N–H and O–H groups in total. The summed E-state index contributed by atoms with van der Waals surface area (Å²) >= 11 is 1.88. The Kier molecular flexibility index (Phi) is 2.76. The molecule has 16 heavy (non-hydrogen) atoms. The highest BCUT2D eigenvalue weighted by Crippen LogP contribution is 2.33. The monoisotopic (exact) mass is 234 g/mol. The maximum absolute atomic E-state index is 4.82. The minimum Gasteiger partial charge on any atom is -0.364 e. The summed E-state index contributed by atoms with van der Waals surface area (Å²) in [5.41, 5.74) is 2.46. The molecule has 2 aromatic rings. The molecule has 1 unspecified atom stereocenters. The molecule has 84 valence electrons. The van der Waals surface area contributed by atoms with Gasteiger partial charge in [-0.3, -0.25) is 0 Å². The van der Waals surface area contributed by atoms with E-state index in [1.165, 1.54) is 24.8 Å². The third-order valence-electron chi connectivity index (χ3n) is 3.07. The van der Waals surface area contributed by atoms with E-state index in [1.54, 1.807) is 11.1 Å². The second kappa shape index (κ2) is 4.39. The molecule has 0 aliphatic heterocycles. The first kappa shape index (κ1) is 10.1. The third kappa shape index (κ3) is 1.90. The van der Waals surface area contributed by atoms with Gasteiger partial charge in [0.15, 0.2) is 0 Å². The van der Waals surface area contributed by atoms with Gasteiger partial charge >= 0.3 is 0 Å². The summed E-state index contributed by atoms with van der Waals surface area (Å²) in [7, 11) is 0. The molecule has 0 fully saturated rings. The Morgan fingerprint density at radius 3 is 3.38 bits per heavy atom. The Labute approximate surface area is 98.5 Å². The predicted octanol–water partition coefficient (Wildman–Crippen LogP) is 2.90. The standard InChI is InChI=1S/C12H14N2OS/c1-2-11(10-5-7-16-12(10)3-1)13-8-9-4-6-15-14-9/h4-7,11,13H,1-3,8H2. The zero-order valence-corrected chi connectivity index (χ0v) is 9.80. The maximum Gasteiger partial charge on any atom is 0.124 e. The maximum atomic E-state index is 4.82. The van der Waals surface area contributed by atoms with Crippen LogP contribution in [0.15, 0.2) is 28.3 Å². The molecule has 1 aliphatic rings. The number of nitrogens with zero attached hydrogens (tertiary/aromatic N) is 1. The zero-order valence-electron chi connectivity index (χ0n) is 8.98. The van der Waals surface area contributed by atoms with Crippen LogP contribution in [0.4, 0.5) is 0 Å². The van der Waals surface area contributed by atoms with E-state index in [4.69, 9.17) is 4.52 Å². The molecule has 0 spiro atoms. The molecule has 1 aliphatic carbocycles. The third-order valence-corrected chi connectivity index (χ3v) is 4.07. The van der Waals surface area contributed by atoms with Crippen molar-refractivity contribution in [2.45, 2.75) is 31.8 Å². The van der Waals surface area contributed by atoms with Crippen LogP contribution in [0.1, 0.15) is 35.0 Å². The quantitative estimate of drug-likeness (QED) is 0.887. The summed E-state index contributed by atoms with van der Waals surface area (Å²) in [4.78, 5) is 1.55. The van der Waals surface area contributed by atoms with Gasteiger partial charge in [0.05, 0.1) is 5.69 Å². The highest BCUT2D eigenvalue weighted by molar-refractivity contribution is 7.10. The van der Waals surface area contributed by atoms with E-state index in [1.807, 2.05) is 17.4 Å². The van der Waals surface area contributed by atoms with Crippen LogP contribution in [0.3, 0.4) is 0 Å². The van der Waals surface area contributed by atoms with Crippen molar-refractivity contribution in [3.8, 4) is 0 Å². The van der Waals surface area contributed by atoms with Crippen LogP contribution in [-0.4, -0.2) is 5.16 Å².